The molecule has 0 spiro atoms. The van der Waals surface area contributed by atoms with Gasteiger partial charge in [0.05, 0.1) is 35.2 Å². The summed E-state index contributed by atoms with van der Waals surface area (Å²) in [5.74, 6) is -1.45. The Morgan fingerprint density at radius 3 is 2.23 bits per heavy atom. The molecule has 2 aromatic carbocycles. The molecule has 0 atom stereocenters. The molecule has 0 saturated heterocycles. The number of benzene rings is 2. The molecule has 0 unspecified atom stereocenters. The van der Waals surface area contributed by atoms with Crippen molar-refractivity contribution in [1.82, 2.24) is 9.78 Å². The first-order valence-electron chi connectivity index (χ1n) is 7.82. The van der Waals surface area contributed by atoms with Crippen LogP contribution < -0.4 is 4.90 Å². The van der Waals surface area contributed by atoms with Crippen LogP contribution in [0.3, 0.4) is 0 Å². The molecule has 2 heterocycles. The second-order valence-electron chi connectivity index (χ2n) is 5.64. The number of nitrogens with zero attached hydrogens (tertiary/aromatic N) is 3. The van der Waals surface area contributed by atoms with Crippen LogP contribution >= 0.6 is 0 Å². The minimum absolute atomic E-state index is 0.231. The van der Waals surface area contributed by atoms with Gasteiger partial charge in [0, 0.05) is 12.4 Å². The smallest absolute Gasteiger partial charge is 0.337 e. The lowest BCUT2D eigenvalue weighted by atomic mass is 10.1. The summed E-state index contributed by atoms with van der Waals surface area (Å²) < 4.78 is 6.28. The lowest BCUT2D eigenvalue weighted by molar-refractivity contribution is 0.0600. The SMILES string of the molecule is COC(=O)c1ccc(-n2cccn2)c(N2C(=O)c3ccccc3C2=O)c1. The maximum Gasteiger partial charge on any atom is 0.337 e. The van der Waals surface area contributed by atoms with Crippen LogP contribution in [-0.2, 0) is 4.74 Å². The van der Waals surface area contributed by atoms with Crippen molar-refractivity contribution in [1.29, 1.82) is 0 Å². The summed E-state index contributed by atoms with van der Waals surface area (Å²) in [4.78, 5) is 38.7. The molecular weight excluding hydrogens is 334 g/mol. The molecule has 7 heteroatoms. The number of esters is 1. The highest BCUT2D eigenvalue weighted by Crippen LogP contribution is 2.33. The highest BCUT2D eigenvalue weighted by Gasteiger charge is 2.38. The Labute approximate surface area is 148 Å². The third kappa shape index (κ3) is 2.29. The number of hydrogen-bond donors (Lipinski definition) is 0. The first kappa shape index (κ1) is 15.8. The molecule has 128 valence electrons. The van der Waals surface area contributed by atoms with Gasteiger partial charge in [-0.3, -0.25) is 9.59 Å². The minimum atomic E-state index is -0.560. The molecule has 0 radical (unpaired) electrons. The van der Waals surface area contributed by atoms with Gasteiger partial charge >= 0.3 is 5.97 Å². The Balaban J connectivity index is 1.91. The van der Waals surface area contributed by atoms with E-state index >= 15 is 0 Å². The average Bonchev–Trinajstić information content (AvgIpc) is 3.29. The fourth-order valence-electron chi connectivity index (χ4n) is 2.96. The molecular formula is C19H13N3O4. The molecule has 0 saturated carbocycles. The van der Waals surface area contributed by atoms with E-state index in [0.717, 1.165) is 4.90 Å². The maximum atomic E-state index is 12.8. The number of carbonyl (C=O) groups excluding carboxylic acids is 3. The van der Waals surface area contributed by atoms with Crippen molar-refractivity contribution in [2.45, 2.75) is 0 Å². The number of imide groups is 1. The number of ether oxygens (including phenoxy) is 1. The summed E-state index contributed by atoms with van der Waals surface area (Å²) in [7, 11) is 1.27. The zero-order chi connectivity index (χ0) is 18.3. The highest BCUT2D eigenvalue weighted by molar-refractivity contribution is 6.35. The number of fused-ring (bicyclic) bond motifs is 1. The van der Waals surface area contributed by atoms with Gasteiger partial charge in [0.25, 0.3) is 11.8 Å². The number of rotatable bonds is 3. The molecule has 0 aliphatic carbocycles. The monoisotopic (exact) mass is 347 g/mol. The van der Waals surface area contributed by atoms with Crippen LogP contribution in [0, 0.1) is 0 Å². The Morgan fingerprint density at radius 2 is 1.65 bits per heavy atom. The Bertz CT molecular complexity index is 1010. The second-order valence-corrected chi connectivity index (χ2v) is 5.64. The molecule has 3 aromatic rings. The van der Waals surface area contributed by atoms with Crippen LogP contribution in [0.5, 0.6) is 0 Å². The minimum Gasteiger partial charge on any atom is -0.465 e. The molecule has 2 amide bonds. The average molecular weight is 347 g/mol. The first-order chi connectivity index (χ1) is 12.6. The zero-order valence-electron chi connectivity index (χ0n) is 13.7. The number of carbonyl (C=O) groups is 3. The largest absolute Gasteiger partial charge is 0.465 e. The van der Waals surface area contributed by atoms with Crippen molar-refractivity contribution in [2.75, 3.05) is 12.0 Å². The van der Waals surface area contributed by atoms with Gasteiger partial charge in [-0.15, -0.1) is 0 Å². The summed E-state index contributed by atoms with van der Waals surface area (Å²) in [6.07, 6.45) is 3.27. The fourth-order valence-corrected chi connectivity index (χ4v) is 2.96. The van der Waals surface area contributed by atoms with E-state index in [0.29, 0.717) is 16.8 Å². The van der Waals surface area contributed by atoms with Crippen LogP contribution in [0.15, 0.2) is 60.9 Å². The van der Waals surface area contributed by atoms with Crippen LogP contribution in [0.25, 0.3) is 5.69 Å². The standard InChI is InChI=1S/C19H13N3O4/c1-26-19(25)12-7-8-15(21-10-4-9-20-21)16(11-12)22-17(23)13-5-2-3-6-14(13)18(22)24/h2-11H,1H3. The molecule has 0 bridgehead atoms. The van der Waals surface area contributed by atoms with E-state index in [1.54, 1.807) is 54.9 Å². The molecule has 7 nitrogen and oxygen atoms in total. The summed E-state index contributed by atoms with van der Waals surface area (Å²) >= 11 is 0. The van der Waals surface area contributed by atoms with Gasteiger partial charge in [0.2, 0.25) is 0 Å². The molecule has 26 heavy (non-hydrogen) atoms. The van der Waals surface area contributed by atoms with E-state index in [1.165, 1.54) is 17.9 Å². The topological polar surface area (TPSA) is 81.5 Å². The van der Waals surface area contributed by atoms with Gasteiger partial charge in [-0.05, 0) is 36.4 Å². The second kappa shape index (κ2) is 5.96. The highest BCUT2D eigenvalue weighted by atomic mass is 16.5. The van der Waals surface area contributed by atoms with Crippen LogP contribution in [0.2, 0.25) is 0 Å². The van der Waals surface area contributed by atoms with Gasteiger partial charge in [-0.25, -0.2) is 14.4 Å². The van der Waals surface area contributed by atoms with E-state index in [-0.39, 0.29) is 11.3 Å². The summed E-state index contributed by atoms with van der Waals surface area (Å²) in [5.41, 5.74) is 1.65. The molecule has 1 aliphatic rings. The van der Waals surface area contributed by atoms with E-state index < -0.39 is 17.8 Å². The predicted molar refractivity (Wildman–Crippen MR) is 92.5 cm³/mol. The number of methoxy groups -OCH3 is 1. The van der Waals surface area contributed by atoms with Gasteiger partial charge in [-0.1, -0.05) is 12.1 Å². The Hall–Kier alpha value is -3.74. The van der Waals surface area contributed by atoms with Crippen molar-refractivity contribution in [2.24, 2.45) is 0 Å². The maximum absolute atomic E-state index is 12.8. The van der Waals surface area contributed by atoms with E-state index in [9.17, 15) is 14.4 Å². The van der Waals surface area contributed by atoms with Gasteiger partial charge in [0.1, 0.15) is 0 Å². The van der Waals surface area contributed by atoms with E-state index in [1.807, 2.05) is 0 Å². The molecule has 0 fully saturated rings. The third-order valence-corrected chi connectivity index (χ3v) is 4.18. The third-order valence-electron chi connectivity index (χ3n) is 4.18. The van der Waals surface area contributed by atoms with E-state index in [2.05, 4.69) is 5.10 Å². The van der Waals surface area contributed by atoms with Crippen molar-refractivity contribution >= 4 is 23.5 Å². The van der Waals surface area contributed by atoms with Crippen molar-refractivity contribution in [3.05, 3.63) is 77.6 Å². The predicted octanol–water partition coefficient (Wildman–Crippen LogP) is 2.46. The number of amides is 2. The van der Waals surface area contributed by atoms with E-state index in [4.69, 9.17) is 4.74 Å². The molecule has 1 aliphatic heterocycles. The zero-order valence-corrected chi connectivity index (χ0v) is 13.7. The van der Waals surface area contributed by atoms with Gasteiger partial charge in [0.15, 0.2) is 0 Å². The Morgan fingerprint density at radius 1 is 0.962 bits per heavy atom. The van der Waals surface area contributed by atoms with Crippen LogP contribution in [0.4, 0.5) is 5.69 Å². The lowest BCUT2D eigenvalue weighted by Gasteiger charge is -2.19. The lowest BCUT2D eigenvalue weighted by Crippen LogP contribution is -2.30. The molecule has 1 aromatic heterocycles. The van der Waals surface area contributed by atoms with Crippen LogP contribution in [-0.4, -0.2) is 34.7 Å². The van der Waals surface area contributed by atoms with Crippen LogP contribution in [0.1, 0.15) is 31.1 Å². The van der Waals surface area contributed by atoms with Crippen molar-refractivity contribution in [3.63, 3.8) is 0 Å². The number of anilines is 1. The number of hydrogen-bond acceptors (Lipinski definition) is 5. The molecule has 0 N–H and O–H groups in total. The molecule has 4 rings (SSSR count). The normalized spacial score (nSPS) is 13.0. The summed E-state index contributed by atoms with van der Waals surface area (Å²) in [5, 5.41) is 4.16. The van der Waals surface area contributed by atoms with Gasteiger partial charge in [-0.2, -0.15) is 5.10 Å². The first-order valence-corrected chi connectivity index (χ1v) is 7.82. The van der Waals surface area contributed by atoms with Gasteiger partial charge < -0.3 is 4.74 Å². The summed E-state index contributed by atoms with van der Waals surface area (Å²) in [6.45, 7) is 0. The summed E-state index contributed by atoms with van der Waals surface area (Å²) in [6, 6.07) is 13.0. The Kier molecular flexibility index (Phi) is 3.62. The fraction of sp³-hybridized carbons (Fsp3) is 0.0526. The van der Waals surface area contributed by atoms with Crippen molar-refractivity contribution < 1.29 is 19.1 Å². The van der Waals surface area contributed by atoms with Crippen molar-refractivity contribution in [3.8, 4) is 5.69 Å². The number of aromatic nitrogens is 2. The quantitative estimate of drug-likeness (QED) is 0.537.